The number of alkyl carbamates (subject to hydrolysis) is 1. The SMILES string of the molecule is COCC(CC(=O)CC(=O)O)NC(=O)OCc1ccccc1. The van der Waals surface area contributed by atoms with Gasteiger partial charge in [-0.2, -0.15) is 0 Å². The summed E-state index contributed by atoms with van der Waals surface area (Å²) in [4.78, 5) is 33.6. The van der Waals surface area contributed by atoms with Crippen LogP contribution in [-0.4, -0.2) is 42.7 Å². The van der Waals surface area contributed by atoms with Gasteiger partial charge >= 0.3 is 12.1 Å². The van der Waals surface area contributed by atoms with Crippen molar-refractivity contribution in [2.75, 3.05) is 13.7 Å². The van der Waals surface area contributed by atoms with Crippen LogP contribution in [0.4, 0.5) is 4.79 Å². The third-order valence-corrected chi connectivity index (χ3v) is 2.73. The summed E-state index contributed by atoms with van der Waals surface area (Å²) in [5, 5.41) is 11.0. The van der Waals surface area contributed by atoms with E-state index in [0.29, 0.717) is 0 Å². The second kappa shape index (κ2) is 9.51. The average molecular weight is 309 g/mol. The van der Waals surface area contributed by atoms with Gasteiger partial charge in [-0.1, -0.05) is 30.3 Å². The molecule has 1 amide bonds. The van der Waals surface area contributed by atoms with Crippen LogP contribution in [0, 0.1) is 0 Å². The highest BCUT2D eigenvalue weighted by Gasteiger charge is 2.18. The molecule has 1 unspecified atom stereocenters. The Hall–Kier alpha value is -2.41. The Bertz CT molecular complexity index is 502. The standard InChI is InChI=1S/C15H19NO6/c1-21-10-12(7-13(17)8-14(18)19)16-15(20)22-9-11-5-3-2-4-6-11/h2-6,12H,7-10H2,1H3,(H,16,20)(H,18,19). The predicted molar refractivity (Wildman–Crippen MR) is 77.3 cm³/mol. The van der Waals surface area contributed by atoms with E-state index in [1.54, 1.807) is 0 Å². The Morgan fingerprint density at radius 2 is 1.91 bits per heavy atom. The number of nitrogens with one attached hydrogen (secondary N) is 1. The molecule has 0 bridgehead atoms. The highest BCUT2D eigenvalue weighted by atomic mass is 16.5. The number of methoxy groups -OCH3 is 1. The van der Waals surface area contributed by atoms with E-state index in [-0.39, 0.29) is 19.6 Å². The van der Waals surface area contributed by atoms with Crippen LogP contribution in [0.15, 0.2) is 30.3 Å². The number of aliphatic carboxylic acids is 1. The van der Waals surface area contributed by atoms with Gasteiger partial charge in [0.15, 0.2) is 0 Å². The highest BCUT2D eigenvalue weighted by molar-refractivity contribution is 5.95. The van der Waals surface area contributed by atoms with Gasteiger partial charge in [-0.3, -0.25) is 9.59 Å². The summed E-state index contributed by atoms with van der Waals surface area (Å²) in [5.74, 6) is -1.69. The normalized spacial score (nSPS) is 11.5. The maximum atomic E-state index is 11.7. The van der Waals surface area contributed by atoms with Gasteiger partial charge in [-0.15, -0.1) is 0 Å². The van der Waals surface area contributed by atoms with Crippen molar-refractivity contribution in [2.24, 2.45) is 0 Å². The highest BCUT2D eigenvalue weighted by Crippen LogP contribution is 2.02. The summed E-state index contributed by atoms with van der Waals surface area (Å²) in [6, 6.07) is 8.52. The predicted octanol–water partition coefficient (Wildman–Crippen LogP) is 1.36. The summed E-state index contributed by atoms with van der Waals surface area (Å²) >= 11 is 0. The molecule has 0 radical (unpaired) electrons. The number of ether oxygens (including phenoxy) is 2. The van der Waals surface area contributed by atoms with Gasteiger partial charge in [0.2, 0.25) is 0 Å². The smallest absolute Gasteiger partial charge is 0.407 e. The number of carbonyl (C=O) groups is 3. The van der Waals surface area contributed by atoms with Crippen molar-refractivity contribution in [1.29, 1.82) is 0 Å². The van der Waals surface area contributed by atoms with E-state index in [1.807, 2.05) is 30.3 Å². The van der Waals surface area contributed by atoms with Crippen LogP contribution >= 0.6 is 0 Å². The molecular weight excluding hydrogens is 290 g/mol. The summed E-state index contributed by atoms with van der Waals surface area (Å²) < 4.78 is 9.94. The first-order chi connectivity index (χ1) is 10.5. The van der Waals surface area contributed by atoms with Crippen LogP contribution in [0.5, 0.6) is 0 Å². The molecule has 2 N–H and O–H groups in total. The number of carbonyl (C=O) groups excluding carboxylic acids is 2. The molecule has 0 saturated carbocycles. The summed E-state index contributed by atoms with van der Waals surface area (Å²) in [5.41, 5.74) is 0.836. The van der Waals surface area contributed by atoms with Gasteiger partial charge in [-0.05, 0) is 5.56 Å². The van der Waals surface area contributed by atoms with Gasteiger partial charge in [0.1, 0.15) is 18.8 Å². The second-order valence-corrected chi connectivity index (χ2v) is 4.67. The Kier molecular flexibility index (Phi) is 7.63. The van der Waals surface area contributed by atoms with Crippen molar-refractivity contribution < 1.29 is 29.0 Å². The summed E-state index contributed by atoms with van der Waals surface area (Å²) in [7, 11) is 1.42. The number of Topliss-reactive ketones (excluding diaryl/α,β-unsaturated/α-hetero) is 1. The lowest BCUT2D eigenvalue weighted by Gasteiger charge is -2.16. The van der Waals surface area contributed by atoms with Gasteiger partial charge in [0.05, 0.1) is 12.6 Å². The van der Waals surface area contributed by atoms with E-state index < -0.39 is 30.3 Å². The van der Waals surface area contributed by atoms with Crippen LogP contribution in [0.2, 0.25) is 0 Å². The third kappa shape index (κ3) is 7.39. The molecule has 1 rings (SSSR count). The molecule has 0 aromatic heterocycles. The van der Waals surface area contributed by atoms with Gasteiger partial charge in [0, 0.05) is 13.5 Å². The van der Waals surface area contributed by atoms with Crippen LogP contribution < -0.4 is 5.32 Å². The number of ketones is 1. The van der Waals surface area contributed by atoms with Crippen molar-refractivity contribution in [2.45, 2.75) is 25.5 Å². The van der Waals surface area contributed by atoms with Crippen molar-refractivity contribution in [3.63, 3.8) is 0 Å². The maximum absolute atomic E-state index is 11.7. The number of carboxylic acids is 1. The summed E-state index contributed by atoms with van der Waals surface area (Å²) in [6.07, 6.45) is -1.39. The molecule has 0 fully saturated rings. The van der Waals surface area contributed by atoms with E-state index in [1.165, 1.54) is 7.11 Å². The Morgan fingerprint density at radius 3 is 2.50 bits per heavy atom. The fourth-order valence-corrected chi connectivity index (χ4v) is 1.80. The zero-order valence-corrected chi connectivity index (χ0v) is 12.3. The average Bonchev–Trinajstić information content (AvgIpc) is 2.45. The zero-order chi connectivity index (χ0) is 16.4. The lowest BCUT2D eigenvalue weighted by atomic mass is 10.1. The third-order valence-electron chi connectivity index (χ3n) is 2.73. The zero-order valence-electron chi connectivity index (χ0n) is 12.3. The van der Waals surface area contributed by atoms with E-state index in [9.17, 15) is 14.4 Å². The van der Waals surface area contributed by atoms with E-state index in [4.69, 9.17) is 14.6 Å². The van der Waals surface area contributed by atoms with Crippen molar-refractivity contribution in [1.82, 2.24) is 5.32 Å². The Labute approximate surface area is 128 Å². The molecule has 1 aromatic carbocycles. The first-order valence-electron chi connectivity index (χ1n) is 6.71. The lowest BCUT2D eigenvalue weighted by molar-refractivity contribution is -0.140. The van der Waals surface area contributed by atoms with Crippen LogP contribution in [-0.2, 0) is 25.7 Å². The van der Waals surface area contributed by atoms with Crippen molar-refractivity contribution in [3.05, 3.63) is 35.9 Å². The monoisotopic (exact) mass is 309 g/mol. The molecule has 0 saturated heterocycles. The second-order valence-electron chi connectivity index (χ2n) is 4.67. The maximum Gasteiger partial charge on any atom is 0.407 e. The number of hydrogen-bond donors (Lipinski definition) is 2. The Balaban J connectivity index is 2.42. The van der Waals surface area contributed by atoms with Crippen molar-refractivity contribution >= 4 is 17.8 Å². The minimum Gasteiger partial charge on any atom is -0.481 e. The van der Waals surface area contributed by atoms with E-state index in [2.05, 4.69) is 5.32 Å². The first-order valence-corrected chi connectivity index (χ1v) is 6.71. The molecular formula is C15H19NO6. The largest absolute Gasteiger partial charge is 0.481 e. The topological polar surface area (TPSA) is 102 Å². The minimum atomic E-state index is -1.20. The molecule has 1 atom stereocenters. The molecule has 0 aliphatic rings. The lowest BCUT2D eigenvalue weighted by Crippen LogP contribution is -2.40. The minimum absolute atomic E-state index is 0.0891. The number of benzene rings is 1. The molecule has 1 aromatic rings. The van der Waals surface area contributed by atoms with Gasteiger partial charge in [-0.25, -0.2) is 4.79 Å². The molecule has 7 heteroatoms. The molecule has 0 heterocycles. The van der Waals surface area contributed by atoms with Crippen molar-refractivity contribution in [3.8, 4) is 0 Å². The quantitative estimate of drug-likeness (QED) is 0.668. The van der Waals surface area contributed by atoms with Crippen LogP contribution in [0.1, 0.15) is 18.4 Å². The van der Waals surface area contributed by atoms with Gasteiger partial charge in [0.25, 0.3) is 0 Å². The molecule has 0 aliphatic heterocycles. The summed E-state index contributed by atoms with van der Waals surface area (Å²) in [6.45, 7) is 0.196. The van der Waals surface area contributed by atoms with Crippen LogP contribution in [0.3, 0.4) is 0 Å². The molecule has 120 valence electrons. The molecule has 0 aliphatic carbocycles. The fourth-order valence-electron chi connectivity index (χ4n) is 1.80. The first kappa shape index (κ1) is 17.6. The van der Waals surface area contributed by atoms with Crippen LogP contribution in [0.25, 0.3) is 0 Å². The van der Waals surface area contributed by atoms with E-state index >= 15 is 0 Å². The van der Waals surface area contributed by atoms with Gasteiger partial charge < -0.3 is 19.9 Å². The number of hydrogen-bond acceptors (Lipinski definition) is 5. The van der Waals surface area contributed by atoms with E-state index in [0.717, 1.165) is 5.56 Å². The fraction of sp³-hybridized carbons (Fsp3) is 0.400. The number of amides is 1. The number of rotatable bonds is 9. The number of carboxylic acid groups (broad SMARTS) is 1. The Morgan fingerprint density at radius 1 is 1.23 bits per heavy atom. The molecule has 22 heavy (non-hydrogen) atoms. The molecule has 0 spiro atoms. The molecule has 7 nitrogen and oxygen atoms in total.